The minimum Gasteiger partial charge on any atom is -0.355 e. The zero-order valence-corrected chi connectivity index (χ0v) is 16.9. The Morgan fingerprint density at radius 3 is 2.82 bits per heavy atom. The van der Waals surface area contributed by atoms with Crippen molar-refractivity contribution < 1.29 is 9.59 Å². The lowest BCUT2D eigenvalue weighted by Gasteiger charge is -2.18. The van der Waals surface area contributed by atoms with Crippen LogP contribution in [0.3, 0.4) is 0 Å². The molecule has 1 N–H and O–H groups in total. The van der Waals surface area contributed by atoms with Gasteiger partial charge in [-0.05, 0) is 46.1 Å². The Labute approximate surface area is 171 Å². The molecule has 2 amide bonds. The van der Waals surface area contributed by atoms with Gasteiger partial charge in [-0.3, -0.25) is 14.6 Å². The van der Waals surface area contributed by atoms with Gasteiger partial charge < -0.3 is 10.2 Å². The van der Waals surface area contributed by atoms with E-state index in [9.17, 15) is 9.59 Å². The van der Waals surface area contributed by atoms with Crippen LogP contribution in [0.4, 0.5) is 5.69 Å². The van der Waals surface area contributed by atoms with Crippen LogP contribution in [0.15, 0.2) is 65.3 Å². The van der Waals surface area contributed by atoms with Gasteiger partial charge in [-0.1, -0.05) is 36.4 Å². The molecule has 5 nitrogen and oxygen atoms in total. The smallest absolute Gasteiger partial charge is 0.227 e. The van der Waals surface area contributed by atoms with Gasteiger partial charge in [-0.15, -0.1) is 0 Å². The molecule has 4 rings (SSSR count). The van der Waals surface area contributed by atoms with Crippen LogP contribution in [0.5, 0.6) is 0 Å². The van der Waals surface area contributed by atoms with Crippen molar-refractivity contribution in [3.63, 3.8) is 0 Å². The minimum atomic E-state index is -0.328. The van der Waals surface area contributed by atoms with Gasteiger partial charge in [0.25, 0.3) is 0 Å². The molecule has 1 unspecified atom stereocenters. The fourth-order valence-electron chi connectivity index (χ4n) is 3.62. The lowest BCUT2D eigenvalue weighted by Crippen LogP contribution is -2.34. The predicted octanol–water partition coefficient (Wildman–Crippen LogP) is 3.71. The lowest BCUT2D eigenvalue weighted by molar-refractivity contribution is -0.126. The van der Waals surface area contributed by atoms with Gasteiger partial charge in [-0.25, -0.2) is 0 Å². The number of hydrogen-bond donors (Lipinski definition) is 1. The highest BCUT2D eigenvalue weighted by Gasteiger charge is 2.35. The molecule has 1 atom stereocenters. The molecule has 0 aliphatic carbocycles. The Kier molecular flexibility index (Phi) is 5.39. The summed E-state index contributed by atoms with van der Waals surface area (Å²) in [5.74, 6) is -0.424. The number of halogens is 1. The normalized spacial score (nSPS) is 16.5. The number of nitrogens with one attached hydrogen (secondary N) is 1. The van der Waals surface area contributed by atoms with Crippen LogP contribution in [-0.2, 0) is 16.0 Å². The highest BCUT2D eigenvalue weighted by molar-refractivity contribution is 9.10. The average molecular weight is 438 g/mol. The first-order valence-electron chi connectivity index (χ1n) is 9.29. The largest absolute Gasteiger partial charge is 0.355 e. The summed E-state index contributed by atoms with van der Waals surface area (Å²) < 4.78 is 0.855. The molecule has 3 aromatic rings. The molecule has 1 fully saturated rings. The Bertz CT molecular complexity index is 1030. The summed E-state index contributed by atoms with van der Waals surface area (Å²) in [6.07, 6.45) is 2.72. The van der Waals surface area contributed by atoms with E-state index in [1.54, 1.807) is 11.1 Å². The minimum absolute atomic E-state index is 0.0229. The summed E-state index contributed by atoms with van der Waals surface area (Å²) in [5.41, 5.74) is 2.88. The lowest BCUT2D eigenvalue weighted by atomic mass is 10.1. The number of aromatic nitrogens is 1. The standard InChI is InChI=1S/C22H20BrN3O2/c23-18-8-1-2-9-19(18)26-14-17(13-20(26)27)22(28)25-12-10-16-6-3-5-15-7-4-11-24-21(15)16/h1-9,11,17H,10,12-14H2,(H,25,28). The number of anilines is 1. The van der Waals surface area contributed by atoms with Crippen molar-refractivity contribution in [3.8, 4) is 0 Å². The van der Waals surface area contributed by atoms with Crippen LogP contribution < -0.4 is 10.2 Å². The first kappa shape index (κ1) is 18.6. The molecule has 0 bridgehead atoms. The van der Waals surface area contributed by atoms with Gasteiger partial charge in [0.2, 0.25) is 11.8 Å². The Hall–Kier alpha value is -2.73. The van der Waals surface area contributed by atoms with E-state index in [4.69, 9.17) is 0 Å². The van der Waals surface area contributed by atoms with Gasteiger partial charge in [-0.2, -0.15) is 0 Å². The monoisotopic (exact) mass is 437 g/mol. The summed E-state index contributed by atoms with van der Waals surface area (Å²) in [7, 11) is 0. The van der Waals surface area contributed by atoms with Crippen LogP contribution in [0, 0.1) is 5.92 Å². The molecule has 2 aromatic carbocycles. The van der Waals surface area contributed by atoms with E-state index in [0.717, 1.165) is 26.6 Å². The van der Waals surface area contributed by atoms with Crippen LogP contribution in [0.1, 0.15) is 12.0 Å². The van der Waals surface area contributed by atoms with E-state index in [1.807, 2.05) is 54.6 Å². The first-order chi connectivity index (χ1) is 13.6. The molecule has 1 saturated heterocycles. The van der Waals surface area contributed by atoms with Crippen molar-refractivity contribution in [2.75, 3.05) is 18.0 Å². The zero-order chi connectivity index (χ0) is 19.5. The van der Waals surface area contributed by atoms with Crippen molar-refractivity contribution in [1.82, 2.24) is 10.3 Å². The molecule has 1 aromatic heterocycles. The second kappa shape index (κ2) is 8.10. The van der Waals surface area contributed by atoms with Crippen LogP contribution in [-0.4, -0.2) is 29.9 Å². The highest BCUT2D eigenvalue weighted by Crippen LogP contribution is 2.31. The topological polar surface area (TPSA) is 62.3 Å². The number of pyridine rings is 1. The summed E-state index contributed by atoms with van der Waals surface area (Å²) >= 11 is 3.48. The molecule has 0 spiro atoms. The number of amides is 2. The molecule has 1 aliphatic heterocycles. The second-order valence-corrected chi connectivity index (χ2v) is 7.74. The highest BCUT2D eigenvalue weighted by atomic mass is 79.9. The van der Waals surface area contributed by atoms with Crippen molar-refractivity contribution in [1.29, 1.82) is 0 Å². The van der Waals surface area contributed by atoms with Crippen LogP contribution in [0.25, 0.3) is 10.9 Å². The third kappa shape index (κ3) is 3.78. The van der Waals surface area contributed by atoms with Crippen LogP contribution in [0.2, 0.25) is 0 Å². The molecule has 0 saturated carbocycles. The van der Waals surface area contributed by atoms with Crippen molar-refractivity contribution >= 4 is 44.3 Å². The number of para-hydroxylation sites is 2. The number of nitrogens with zero attached hydrogens (tertiary/aromatic N) is 2. The molecule has 6 heteroatoms. The number of hydrogen-bond acceptors (Lipinski definition) is 3. The summed E-state index contributed by atoms with van der Waals surface area (Å²) in [5, 5.41) is 4.08. The van der Waals surface area contributed by atoms with Crippen LogP contribution >= 0.6 is 15.9 Å². The summed E-state index contributed by atoms with van der Waals surface area (Å²) in [4.78, 5) is 31.1. The van der Waals surface area contributed by atoms with Gasteiger partial charge in [0, 0.05) is 35.6 Å². The maximum atomic E-state index is 12.6. The van der Waals surface area contributed by atoms with Gasteiger partial charge in [0.15, 0.2) is 0 Å². The Morgan fingerprint density at radius 2 is 1.96 bits per heavy atom. The van der Waals surface area contributed by atoms with E-state index in [2.05, 4.69) is 26.2 Å². The van der Waals surface area contributed by atoms with Crippen molar-refractivity contribution in [2.45, 2.75) is 12.8 Å². The van der Waals surface area contributed by atoms with Gasteiger partial charge in [0.1, 0.15) is 0 Å². The summed E-state index contributed by atoms with van der Waals surface area (Å²) in [6.45, 7) is 0.928. The fourth-order valence-corrected chi connectivity index (χ4v) is 4.12. The van der Waals surface area contributed by atoms with Crippen molar-refractivity contribution in [3.05, 3.63) is 70.8 Å². The first-order valence-corrected chi connectivity index (χ1v) is 10.1. The molecular formula is C22H20BrN3O2. The number of benzene rings is 2. The Morgan fingerprint density at radius 1 is 1.14 bits per heavy atom. The van der Waals surface area contributed by atoms with E-state index in [-0.39, 0.29) is 24.2 Å². The van der Waals surface area contributed by atoms with E-state index >= 15 is 0 Å². The fraction of sp³-hybridized carbons (Fsp3) is 0.227. The number of carbonyl (C=O) groups is 2. The van der Waals surface area contributed by atoms with Gasteiger partial charge in [0.05, 0.1) is 17.1 Å². The number of rotatable bonds is 5. The third-order valence-corrected chi connectivity index (χ3v) is 5.72. The molecule has 2 heterocycles. The average Bonchev–Trinajstić information content (AvgIpc) is 3.10. The molecular weight excluding hydrogens is 418 g/mol. The SMILES string of the molecule is O=C(NCCc1cccc2cccnc12)C1CC(=O)N(c2ccccc2Br)C1. The van der Waals surface area contributed by atoms with E-state index < -0.39 is 0 Å². The number of fused-ring (bicyclic) bond motifs is 1. The molecule has 28 heavy (non-hydrogen) atoms. The quantitative estimate of drug-likeness (QED) is 0.661. The maximum Gasteiger partial charge on any atom is 0.227 e. The van der Waals surface area contributed by atoms with E-state index in [0.29, 0.717) is 19.5 Å². The molecule has 1 aliphatic rings. The Balaban J connectivity index is 1.37. The predicted molar refractivity (Wildman–Crippen MR) is 113 cm³/mol. The second-order valence-electron chi connectivity index (χ2n) is 6.89. The zero-order valence-electron chi connectivity index (χ0n) is 15.3. The third-order valence-electron chi connectivity index (χ3n) is 5.05. The number of carbonyl (C=O) groups excluding carboxylic acids is 2. The van der Waals surface area contributed by atoms with Gasteiger partial charge >= 0.3 is 0 Å². The summed E-state index contributed by atoms with van der Waals surface area (Å²) in [6, 6.07) is 17.6. The molecule has 0 radical (unpaired) electrons. The van der Waals surface area contributed by atoms with Crippen molar-refractivity contribution in [2.24, 2.45) is 5.92 Å². The molecule has 142 valence electrons. The van der Waals surface area contributed by atoms with E-state index in [1.165, 1.54) is 0 Å². The maximum absolute atomic E-state index is 12.6.